The molecule has 2 rings (SSSR count). The van der Waals surface area contributed by atoms with Gasteiger partial charge in [0.1, 0.15) is 11.5 Å². The van der Waals surface area contributed by atoms with Crippen molar-refractivity contribution in [3.63, 3.8) is 0 Å². The van der Waals surface area contributed by atoms with E-state index in [2.05, 4.69) is 20.6 Å². The average molecular weight is 322 g/mol. The Kier molecular flexibility index (Phi) is 4.67. The number of nitrogen functional groups attached to an aromatic ring is 1. The molecule has 22 heavy (non-hydrogen) atoms. The molecule has 0 saturated heterocycles. The third-order valence-electron chi connectivity index (χ3n) is 2.93. The van der Waals surface area contributed by atoms with Crippen LogP contribution in [0.4, 0.5) is 23.0 Å². The van der Waals surface area contributed by atoms with Crippen LogP contribution in [0.25, 0.3) is 0 Å². The second-order valence-corrected chi connectivity index (χ2v) is 4.87. The van der Waals surface area contributed by atoms with E-state index in [0.717, 1.165) is 0 Å². The first-order chi connectivity index (χ1) is 10.5. The Balaban J connectivity index is 2.49. The van der Waals surface area contributed by atoms with Crippen LogP contribution in [0.3, 0.4) is 0 Å². The van der Waals surface area contributed by atoms with Crippen LogP contribution in [0.2, 0.25) is 5.02 Å². The smallest absolute Gasteiger partial charge is 0.339 e. The molecule has 0 amide bonds. The van der Waals surface area contributed by atoms with Gasteiger partial charge in [0.05, 0.1) is 18.4 Å². The van der Waals surface area contributed by atoms with Gasteiger partial charge in [-0.1, -0.05) is 11.6 Å². The lowest BCUT2D eigenvalue weighted by molar-refractivity contribution is 0.0602. The zero-order valence-electron chi connectivity index (χ0n) is 12.4. The van der Waals surface area contributed by atoms with Crippen molar-refractivity contribution in [1.82, 2.24) is 9.97 Å². The summed E-state index contributed by atoms with van der Waals surface area (Å²) in [7, 11) is 3.02. The molecule has 0 atom stereocenters. The number of hydrogen-bond acceptors (Lipinski definition) is 7. The van der Waals surface area contributed by atoms with Gasteiger partial charge < -0.3 is 21.1 Å². The van der Waals surface area contributed by atoms with Crippen molar-refractivity contribution in [1.29, 1.82) is 0 Å². The second-order valence-electron chi connectivity index (χ2n) is 4.44. The van der Waals surface area contributed by atoms with Crippen LogP contribution in [-0.2, 0) is 4.74 Å². The van der Waals surface area contributed by atoms with Gasteiger partial charge in [0, 0.05) is 12.1 Å². The fraction of sp³-hybridized carbons (Fsp3) is 0.214. The van der Waals surface area contributed by atoms with Crippen molar-refractivity contribution in [2.45, 2.75) is 6.92 Å². The summed E-state index contributed by atoms with van der Waals surface area (Å²) in [4.78, 5) is 20.3. The van der Waals surface area contributed by atoms with E-state index in [1.807, 2.05) is 0 Å². The zero-order valence-corrected chi connectivity index (χ0v) is 13.2. The predicted molar refractivity (Wildman–Crippen MR) is 86.8 cm³/mol. The SMILES string of the molecule is CNc1nc(C)nc(Nc2cc(Cl)ccc2C(=O)OC)c1N. The predicted octanol–water partition coefficient (Wildman–Crippen LogP) is 2.59. The van der Waals surface area contributed by atoms with E-state index in [-0.39, 0.29) is 0 Å². The number of carbonyl (C=O) groups excluding carboxylic acids is 1. The number of ether oxygens (including phenoxy) is 1. The minimum absolute atomic E-state index is 0.327. The van der Waals surface area contributed by atoms with Crippen LogP contribution < -0.4 is 16.4 Å². The molecular weight excluding hydrogens is 306 g/mol. The minimum Gasteiger partial charge on any atom is -0.465 e. The average Bonchev–Trinajstić information content (AvgIpc) is 2.50. The van der Waals surface area contributed by atoms with E-state index in [9.17, 15) is 4.79 Å². The Bertz CT molecular complexity index is 721. The van der Waals surface area contributed by atoms with Crippen LogP contribution in [0.5, 0.6) is 0 Å². The summed E-state index contributed by atoms with van der Waals surface area (Å²) in [5.74, 6) is 0.918. The molecule has 0 fully saturated rings. The topological polar surface area (TPSA) is 102 Å². The number of aryl methyl sites for hydroxylation is 1. The third-order valence-corrected chi connectivity index (χ3v) is 3.17. The number of methoxy groups -OCH3 is 1. The monoisotopic (exact) mass is 321 g/mol. The van der Waals surface area contributed by atoms with E-state index < -0.39 is 5.97 Å². The number of aromatic nitrogens is 2. The highest BCUT2D eigenvalue weighted by molar-refractivity contribution is 6.31. The summed E-state index contributed by atoms with van der Waals surface area (Å²) in [6.45, 7) is 1.74. The number of nitrogens with one attached hydrogen (secondary N) is 2. The Hall–Kier alpha value is -2.54. The first kappa shape index (κ1) is 15.8. The van der Waals surface area contributed by atoms with Crippen LogP contribution in [0.1, 0.15) is 16.2 Å². The van der Waals surface area contributed by atoms with Gasteiger partial charge in [-0.05, 0) is 25.1 Å². The number of nitrogens with two attached hydrogens (primary N) is 1. The van der Waals surface area contributed by atoms with Gasteiger partial charge in [-0.25, -0.2) is 14.8 Å². The van der Waals surface area contributed by atoms with Crippen molar-refractivity contribution in [3.05, 3.63) is 34.6 Å². The molecule has 4 N–H and O–H groups in total. The number of rotatable bonds is 4. The summed E-state index contributed by atoms with van der Waals surface area (Å²) >= 11 is 5.99. The largest absolute Gasteiger partial charge is 0.465 e. The van der Waals surface area contributed by atoms with Crippen molar-refractivity contribution in [2.24, 2.45) is 0 Å². The lowest BCUT2D eigenvalue weighted by Crippen LogP contribution is -2.10. The molecule has 0 aliphatic carbocycles. The standard InChI is InChI=1S/C14H16ClN5O2/c1-7-18-12(17-2)11(16)13(19-7)20-10-6-8(15)4-5-9(10)14(21)22-3/h4-6H,16H2,1-3H3,(H2,17,18,19,20). The maximum absolute atomic E-state index is 11.8. The first-order valence-corrected chi connectivity index (χ1v) is 6.80. The molecule has 0 aliphatic heterocycles. The zero-order chi connectivity index (χ0) is 16.3. The van der Waals surface area contributed by atoms with Gasteiger partial charge in [0.15, 0.2) is 11.6 Å². The van der Waals surface area contributed by atoms with Crippen LogP contribution in [-0.4, -0.2) is 30.1 Å². The fourth-order valence-corrected chi connectivity index (χ4v) is 2.07. The Morgan fingerprint density at radius 1 is 1.32 bits per heavy atom. The molecule has 2 aromatic rings. The molecule has 1 heterocycles. The molecule has 0 unspecified atom stereocenters. The molecule has 0 spiro atoms. The van der Waals surface area contributed by atoms with Crippen molar-refractivity contribution >= 4 is 40.6 Å². The van der Waals surface area contributed by atoms with Crippen molar-refractivity contribution in [2.75, 3.05) is 30.5 Å². The molecule has 1 aromatic carbocycles. The normalized spacial score (nSPS) is 10.2. The summed E-state index contributed by atoms with van der Waals surface area (Å²) in [5.41, 5.74) is 7.12. The van der Waals surface area contributed by atoms with Crippen LogP contribution in [0, 0.1) is 6.92 Å². The molecule has 0 radical (unpaired) electrons. The number of anilines is 4. The van der Waals surface area contributed by atoms with E-state index in [1.165, 1.54) is 7.11 Å². The molecule has 0 aliphatic rings. The van der Waals surface area contributed by atoms with Crippen molar-refractivity contribution < 1.29 is 9.53 Å². The van der Waals surface area contributed by atoms with Gasteiger partial charge in [-0.15, -0.1) is 0 Å². The van der Waals surface area contributed by atoms with Crippen LogP contribution >= 0.6 is 11.6 Å². The number of nitrogens with zero attached hydrogens (tertiary/aromatic N) is 2. The van der Waals surface area contributed by atoms with Gasteiger partial charge in [-0.2, -0.15) is 0 Å². The van der Waals surface area contributed by atoms with Crippen LogP contribution in [0.15, 0.2) is 18.2 Å². The summed E-state index contributed by atoms with van der Waals surface area (Å²) in [6.07, 6.45) is 0. The molecular formula is C14H16ClN5O2. The third kappa shape index (κ3) is 3.20. The van der Waals surface area contributed by atoms with Gasteiger partial charge in [0.25, 0.3) is 0 Å². The maximum Gasteiger partial charge on any atom is 0.339 e. The van der Waals surface area contributed by atoms with Gasteiger partial charge >= 0.3 is 5.97 Å². The highest BCUT2D eigenvalue weighted by Crippen LogP contribution is 2.30. The highest BCUT2D eigenvalue weighted by Gasteiger charge is 2.15. The molecule has 0 bridgehead atoms. The van der Waals surface area contributed by atoms with E-state index in [1.54, 1.807) is 32.2 Å². The minimum atomic E-state index is -0.489. The van der Waals surface area contributed by atoms with E-state index in [0.29, 0.717) is 39.4 Å². The summed E-state index contributed by atoms with van der Waals surface area (Å²) < 4.78 is 4.75. The lowest BCUT2D eigenvalue weighted by Gasteiger charge is -2.14. The molecule has 116 valence electrons. The van der Waals surface area contributed by atoms with Crippen molar-refractivity contribution in [3.8, 4) is 0 Å². The summed E-state index contributed by atoms with van der Waals surface area (Å²) in [6, 6.07) is 4.77. The summed E-state index contributed by atoms with van der Waals surface area (Å²) in [5, 5.41) is 6.37. The molecule has 7 nitrogen and oxygen atoms in total. The highest BCUT2D eigenvalue weighted by atomic mass is 35.5. The fourth-order valence-electron chi connectivity index (χ4n) is 1.90. The van der Waals surface area contributed by atoms with Gasteiger partial charge in [-0.3, -0.25) is 0 Å². The molecule has 0 saturated carbocycles. The molecule has 8 heteroatoms. The number of hydrogen-bond donors (Lipinski definition) is 3. The quantitative estimate of drug-likeness (QED) is 0.744. The maximum atomic E-state index is 11.8. The second kappa shape index (κ2) is 6.48. The van der Waals surface area contributed by atoms with Gasteiger partial charge in [0.2, 0.25) is 0 Å². The van der Waals surface area contributed by atoms with E-state index in [4.69, 9.17) is 22.1 Å². The Morgan fingerprint density at radius 2 is 2.00 bits per heavy atom. The number of benzene rings is 1. The number of carbonyl (C=O) groups is 1. The number of halogens is 1. The Labute approximate surface area is 132 Å². The first-order valence-electron chi connectivity index (χ1n) is 6.43. The lowest BCUT2D eigenvalue weighted by atomic mass is 10.1. The van der Waals surface area contributed by atoms with E-state index >= 15 is 0 Å². The molecule has 1 aromatic heterocycles. The Morgan fingerprint density at radius 3 is 2.64 bits per heavy atom. The number of esters is 1.